The van der Waals surface area contributed by atoms with Crippen LogP contribution in [0.5, 0.6) is 5.75 Å². The van der Waals surface area contributed by atoms with Gasteiger partial charge in [-0.25, -0.2) is 4.68 Å². The van der Waals surface area contributed by atoms with Crippen LogP contribution in [-0.2, 0) is 4.79 Å². The van der Waals surface area contributed by atoms with Gasteiger partial charge in [0.05, 0.1) is 22.9 Å². The Balaban J connectivity index is 1.68. The Bertz CT molecular complexity index is 1220. The first-order valence-corrected chi connectivity index (χ1v) is 13.2. The third kappa shape index (κ3) is 5.85. The molecule has 1 aliphatic heterocycles. The second-order valence-corrected chi connectivity index (χ2v) is 10.8. The molecule has 1 fully saturated rings. The highest BCUT2D eigenvalue weighted by atomic mass is 32.2. The molecule has 1 aromatic heterocycles. The van der Waals surface area contributed by atoms with Crippen LogP contribution in [0, 0.1) is 5.92 Å². The van der Waals surface area contributed by atoms with Crippen molar-refractivity contribution in [3.8, 4) is 22.7 Å². The van der Waals surface area contributed by atoms with Crippen LogP contribution >= 0.6 is 24.0 Å². The molecule has 0 saturated carbocycles. The Morgan fingerprint density at radius 2 is 1.80 bits per heavy atom. The van der Waals surface area contributed by atoms with E-state index in [9.17, 15) is 4.79 Å². The zero-order valence-corrected chi connectivity index (χ0v) is 22.2. The van der Waals surface area contributed by atoms with Gasteiger partial charge in [0.25, 0.3) is 5.91 Å². The average Bonchev–Trinajstić information content (AvgIpc) is 3.40. The van der Waals surface area contributed by atoms with E-state index in [1.165, 1.54) is 11.8 Å². The Morgan fingerprint density at radius 3 is 2.46 bits per heavy atom. The molecule has 7 heteroatoms. The summed E-state index contributed by atoms with van der Waals surface area (Å²) in [4.78, 5) is 15.5. The van der Waals surface area contributed by atoms with Crippen LogP contribution < -0.4 is 4.74 Å². The van der Waals surface area contributed by atoms with Gasteiger partial charge in [-0.15, -0.1) is 0 Å². The van der Waals surface area contributed by atoms with Gasteiger partial charge in [-0.2, -0.15) is 5.10 Å². The number of para-hydroxylation sites is 1. The molecule has 182 valence electrons. The van der Waals surface area contributed by atoms with E-state index in [2.05, 4.69) is 20.8 Å². The van der Waals surface area contributed by atoms with Crippen molar-refractivity contribution < 1.29 is 9.53 Å². The minimum Gasteiger partial charge on any atom is -0.494 e. The summed E-state index contributed by atoms with van der Waals surface area (Å²) in [6.07, 6.45) is 5.74. The lowest BCUT2D eigenvalue weighted by Gasteiger charge is -2.21. The fourth-order valence-corrected chi connectivity index (χ4v) is 5.19. The summed E-state index contributed by atoms with van der Waals surface area (Å²) < 4.78 is 8.34. The number of thiocarbonyl (C=S) groups is 1. The van der Waals surface area contributed by atoms with E-state index >= 15 is 0 Å². The summed E-state index contributed by atoms with van der Waals surface area (Å²) in [5, 5.41) is 4.89. The number of hydrogen-bond acceptors (Lipinski definition) is 5. The Kier molecular flexibility index (Phi) is 8.08. The van der Waals surface area contributed by atoms with Crippen LogP contribution in [-0.4, -0.2) is 37.6 Å². The van der Waals surface area contributed by atoms with E-state index in [0.29, 0.717) is 21.8 Å². The van der Waals surface area contributed by atoms with Crippen LogP contribution in [0.1, 0.15) is 46.1 Å². The van der Waals surface area contributed by atoms with Crippen molar-refractivity contribution in [2.24, 2.45) is 5.92 Å². The molecular weight excluding hydrogens is 474 g/mol. The zero-order valence-electron chi connectivity index (χ0n) is 20.6. The molecule has 35 heavy (non-hydrogen) atoms. The highest BCUT2D eigenvalue weighted by molar-refractivity contribution is 8.26. The molecule has 2 aromatic carbocycles. The smallest absolute Gasteiger partial charge is 0.266 e. The van der Waals surface area contributed by atoms with E-state index in [1.54, 1.807) is 4.90 Å². The first kappa shape index (κ1) is 25.2. The third-order valence-corrected chi connectivity index (χ3v) is 7.33. The quantitative estimate of drug-likeness (QED) is 0.232. The molecule has 0 N–H and O–H groups in total. The lowest BCUT2D eigenvalue weighted by Crippen LogP contribution is -2.36. The molecule has 0 radical (unpaired) electrons. The van der Waals surface area contributed by atoms with Crippen LogP contribution in [0.2, 0.25) is 0 Å². The second-order valence-electron chi connectivity index (χ2n) is 9.08. The van der Waals surface area contributed by atoms with Gasteiger partial charge < -0.3 is 4.74 Å². The third-order valence-electron chi connectivity index (χ3n) is 6.00. The summed E-state index contributed by atoms with van der Waals surface area (Å²) >= 11 is 6.87. The molecule has 0 unspecified atom stereocenters. The molecule has 1 amide bonds. The van der Waals surface area contributed by atoms with Crippen LogP contribution in [0.4, 0.5) is 0 Å². The Hall–Kier alpha value is -2.90. The lowest BCUT2D eigenvalue weighted by molar-refractivity contribution is -0.123. The Morgan fingerprint density at radius 1 is 1.09 bits per heavy atom. The summed E-state index contributed by atoms with van der Waals surface area (Å²) in [7, 11) is 0. The molecular formula is C28H31N3O2S2. The van der Waals surface area contributed by atoms with Gasteiger partial charge in [0.1, 0.15) is 10.1 Å². The van der Waals surface area contributed by atoms with Crippen molar-refractivity contribution in [3.63, 3.8) is 0 Å². The van der Waals surface area contributed by atoms with Crippen LogP contribution in [0.3, 0.4) is 0 Å². The van der Waals surface area contributed by atoms with Gasteiger partial charge in [-0.3, -0.25) is 9.69 Å². The summed E-state index contributed by atoms with van der Waals surface area (Å²) in [6.45, 7) is 9.16. The number of carbonyl (C=O) groups excluding carboxylic acids is 1. The number of aromatic nitrogens is 2. The highest BCUT2D eigenvalue weighted by Gasteiger charge is 2.35. The highest BCUT2D eigenvalue weighted by Crippen LogP contribution is 2.36. The van der Waals surface area contributed by atoms with Gasteiger partial charge in [0, 0.05) is 23.4 Å². The minimum atomic E-state index is -0.0401. The second kappa shape index (κ2) is 11.2. The number of nitrogens with zero attached hydrogens (tertiary/aromatic N) is 3. The SMILES string of the molecule is CC[C@H](C)N1C(=O)/C(=C/c2cn(-c3ccccc3)nc2-c2ccc(OCCC(C)C)cc2)SC1=S. The van der Waals surface area contributed by atoms with E-state index in [4.69, 9.17) is 22.1 Å². The lowest BCUT2D eigenvalue weighted by atomic mass is 10.1. The molecule has 0 bridgehead atoms. The molecule has 0 aliphatic carbocycles. The summed E-state index contributed by atoms with van der Waals surface area (Å²) in [5.74, 6) is 1.40. The topological polar surface area (TPSA) is 47.4 Å². The van der Waals surface area contributed by atoms with Crippen molar-refractivity contribution in [1.82, 2.24) is 14.7 Å². The fraction of sp³-hybridized carbons (Fsp3) is 0.321. The van der Waals surface area contributed by atoms with Crippen LogP contribution in [0.15, 0.2) is 65.7 Å². The van der Waals surface area contributed by atoms with Crippen molar-refractivity contribution in [2.75, 3.05) is 6.61 Å². The van der Waals surface area contributed by atoms with E-state index in [0.717, 1.165) is 41.1 Å². The summed E-state index contributed by atoms with van der Waals surface area (Å²) in [6, 6.07) is 18.0. The van der Waals surface area contributed by atoms with E-state index in [-0.39, 0.29) is 11.9 Å². The number of hydrogen-bond donors (Lipinski definition) is 0. The Labute approximate surface area is 217 Å². The number of thioether (sulfide) groups is 1. The molecule has 0 spiro atoms. The number of carbonyl (C=O) groups is 1. The van der Waals surface area contributed by atoms with Gasteiger partial charge in [0.2, 0.25) is 0 Å². The number of ether oxygens (including phenoxy) is 1. The molecule has 3 aromatic rings. The number of rotatable bonds is 9. The van der Waals surface area contributed by atoms with Crippen molar-refractivity contribution >= 4 is 40.3 Å². The number of benzene rings is 2. The molecule has 1 saturated heterocycles. The largest absolute Gasteiger partial charge is 0.494 e. The fourth-order valence-electron chi connectivity index (χ4n) is 3.74. The van der Waals surface area contributed by atoms with Crippen LogP contribution in [0.25, 0.3) is 23.0 Å². The van der Waals surface area contributed by atoms with Gasteiger partial charge in [0.15, 0.2) is 0 Å². The first-order chi connectivity index (χ1) is 16.9. The van der Waals surface area contributed by atoms with Gasteiger partial charge >= 0.3 is 0 Å². The normalized spacial score (nSPS) is 15.9. The van der Waals surface area contributed by atoms with Gasteiger partial charge in [-0.05, 0) is 68.2 Å². The molecule has 1 aliphatic rings. The minimum absolute atomic E-state index is 0.0401. The molecule has 2 heterocycles. The zero-order chi connectivity index (χ0) is 24.9. The standard InChI is InChI=1S/C28H31N3O2S2/c1-5-20(4)31-27(32)25(35-28(31)34)17-22-18-30(23-9-7-6-8-10-23)29-26(22)21-11-13-24(14-12-21)33-16-15-19(2)3/h6-14,17-20H,5,15-16H2,1-4H3/b25-17-/t20-/m0/s1. The van der Waals surface area contributed by atoms with E-state index < -0.39 is 0 Å². The first-order valence-electron chi connectivity index (χ1n) is 12.0. The predicted molar refractivity (Wildman–Crippen MR) is 149 cm³/mol. The maximum Gasteiger partial charge on any atom is 0.266 e. The summed E-state index contributed by atoms with van der Waals surface area (Å²) in [5.41, 5.74) is 3.58. The van der Waals surface area contributed by atoms with Gasteiger partial charge in [-0.1, -0.05) is 63.0 Å². The van der Waals surface area contributed by atoms with Crippen molar-refractivity contribution in [1.29, 1.82) is 0 Å². The maximum absolute atomic E-state index is 13.1. The molecule has 1 atom stereocenters. The maximum atomic E-state index is 13.1. The predicted octanol–water partition coefficient (Wildman–Crippen LogP) is 6.96. The number of amides is 1. The molecule has 5 nitrogen and oxygen atoms in total. The van der Waals surface area contributed by atoms with Crippen molar-refractivity contribution in [3.05, 3.63) is 71.3 Å². The van der Waals surface area contributed by atoms with E-state index in [1.807, 2.05) is 78.5 Å². The monoisotopic (exact) mass is 505 g/mol. The molecule has 4 rings (SSSR count). The average molecular weight is 506 g/mol. The van der Waals surface area contributed by atoms with Crippen molar-refractivity contribution in [2.45, 2.75) is 46.6 Å².